The average molecular weight is 424 g/mol. The highest BCUT2D eigenvalue weighted by molar-refractivity contribution is 7.89. The summed E-state index contributed by atoms with van der Waals surface area (Å²) in [4.78, 5) is 4.97. The van der Waals surface area contributed by atoms with E-state index in [0.29, 0.717) is 11.9 Å². The van der Waals surface area contributed by atoms with Crippen molar-refractivity contribution in [1.82, 2.24) is 9.29 Å². The molecule has 2 heterocycles. The Hall–Kier alpha value is -1.91. The van der Waals surface area contributed by atoms with Crippen LogP contribution in [0.15, 0.2) is 41.3 Å². The Morgan fingerprint density at radius 3 is 2.30 bits per heavy atom. The van der Waals surface area contributed by atoms with Crippen molar-refractivity contribution >= 4 is 27.4 Å². The number of alkyl halides is 3. The second kappa shape index (κ2) is 7.25. The number of halogens is 5. The lowest BCUT2D eigenvalue weighted by atomic mass is 10.2. The second-order valence-corrected chi connectivity index (χ2v) is 8.19. The van der Waals surface area contributed by atoms with Gasteiger partial charge in [0.1, 0.15) is 5.82 Å². The van der Waals surface area contributed by atoms with Crippen molar-refractivity contribution in [3.05, 3.63) is 52.9 Å². The van der Waals surface area contributed by atoms with Crippen LogP contribution in [-0.4, -0.2) is 43.9 Å². The molecule has 0 saturated carbocycles. The van der Waals surface area contributed by atoms with Gasteiger partial charge in [-0.05, 0) is 30.3 Å². The van der Waals surface area contributed by atoms with Crippen LogP contribution in [0.2, 0.25) is 5.02 Å². The van der Waals surface area contributed by atoms with Gasteiger partial charge in [-0.2, -0.15) is 21.9 Å². The molecule has 5 nitrogen and oxygen atoms in total. The van der Waals surface area contributed by atoms with Crippen molar-refractivity contribution < 1.29 is 26.0 Å². The van der Waals surface area contributed by atoms with Crippen molar-refractivity contribution in [3.8, 4) is 0 Å². The summed E-state index contributed by atoms with van der Waals surface area (Å²) in [6.07, 6.45) is -4.76. The number of hydrogen-bond donors (Lipinski definition) is 0. The second-order valence-electron chi connectivity index (χ2n) is 5.85. The Morgan fingerprint density at radius 1 is 1.04 bits per heavy atom. The maximum absolute atomic E-state index is 13.2. The minimum atomic E-state index is -4.76. The number of nitrogens with zero attached hydrogens (tertiary/aromatic N) is 3. The zero-order valence-corrected chi connectivity index (χ0v) is 15.3. The van der Waals surface area contributed by atoms with Crippen LogP contribution in [0.1, 0.15) is 5.56 Å². The van der Waals surface area contributed by atoms with Crippen LogP contribution in [-0.2, 0) is 16.2 Å². The molecule has 0 radical (unpaired) electrons. The third-order valence-electron chi connectivity index (χ3n) is 4.14. The van der Waals surface area contributed by atoms with Gasteiger partial charge in [-0.15, -0.1) is 0 Å². The van der Waals surface area contributed by atoms with Crippen molar-refractivity contribution in [2.75, 3.05) is 31.1 Å². The molecule has 1 aromatic carbocycles. The fraction of sp³-hybridized carbons (Fsp3) is 0.312. The van der Waals surface area contributed by atoms with E-state index >= 15 is 0 Å². The van der Waals surface area contributed by atoms with Gasteiger partial charge < -0.3 is 4.90 Å². The quantitative estimate of drug-likeness (QED) is 0.561. The van der Waals surface area contributed by atoms with Crippen LogP contribution in [0.5, 0.6) is 0 Å². The van der Waals surface area contributed by atoms with Crippen molar-refractivity contribution in [2.24, 2.45) is 0 Å². The summed E-state index contributed by atoms with van der Waals surface area (Å²) in [5.41, 5.74) is -1.20. The zero-order valence-electron chi connectivity index (χ0n) is 13.7. The SMILES string of the molecule is O=S(=O)(c1ccc(Cl)c(C(F)(F)F)c1)N1CCN(c2cccc(F)n2)CC1. The maximum Gasteiger partial charge on any atom is 0.417 e. The highest BCUT2D eigenvalue weighted by Gasteiger charge is 2.36. The first kappa shape index (κ1) is 19.8. The molecule has 1 aliphatic heterocycles. The van der Waals surface area contributed by atoms with E-state index in [0.717, 1.165) is 16.4 Å². The minimum Gasteiger partial charge on any atom is -0.354 e. The van der Waals surface area contributed by atoms with Gasteiger partial charge in [0.25, 0.3) is 0 Å². The highest BCUT2D eigenvalue weighted by Crippen LogP contribution is 2.36. The average Bonchev–Trinajstić information content (AvgIpc) is 2.61. The topological polar surface area (TPSA) is 53.5 Å². The van der Waals surface area contributed by atoms with Crippen LogP contribution < -0.4 is 4.90 Å². The van der Waals surface area contributed by atoms with E-state index in [1.807, 2.05) is 0 Å². The summed E-state index contributed by atoms with van der Waals surface area (Å²) in [7, 11) is -4.12. The van der Waals surface area contributed by atoms with Crippen LogP contribution in [0.4, 0.5) is 23.4 Å². The van der Waals surface area contributed by atoms with E-state index in [9.17, 15) is 26.0 Å². The summed E-state index contributed by atoms with van der Waals surface area (Å²) < 4.78 is 78.7. The first-order chi connectivity index (χ1) is 12.6. The number of sulfonamides is 1. The maximum atomic E-state index is 13.2. The number of pyridine rings is 1. The number of rotatable bonds is 3. The van der Waals surface area contributed by atoms with Crippen LogP contribution in [0, 0.1) is 5.95 Å². The van der Waals surface area contributed by atoms with Crippen molar-refractivity contribution in [3.63, 3.8) is 0 Å². The molecule has 11 heteroatoms. The Bertz CT molecular complexity index is 945. The van der Waals surface area contributed by atoms with Gasteiger partial charge in [0, 0.05) is 26.2 Å². The fourth-order valence-electron chi connectivity index (χ4n) is 2.76. The molecule has 0 N–H and O–H groups in total. The van der Waals surface area contributed by atoms with Gasteiger partial charge in [0.05, 0.1) is 15.5 Å². The lowest BCUT2D eigenvalue weighted by molar-refractivity contribution is -0.137. The van der Waals surface area contributed by atoms with E-state index < -0.39 is 37.6 Å². The smallest absolute Gasteiger partial charge is 0.354 e. The molecule has 1 aromatic heterocycles. The molecule has 27 heavy (non-hydrogen) atoms. The van der Waals surface area contributed by atoms with E-state index in [1.54, 1.807) is 11.0 Å². The van der Waals surface area contributed by atoms with E-state index in [2.05, 4.69) is 4.98 Å². The number of hydrogen-bond acceptors (Lipinski definition) is 4. The summed E-state index contributed by atoms with van der Waals surface area (Å²) >= 11 is 5.54. The molecule has 0 bridgehead atoms. The molecular weight excluding hydrogens is 410 g/mol. The Balaban J connectivity index is 1.79. The Labute approximate surface area is 158 Å². The molecule has 0 amide bonds. The number of aromatic nitrogens is 1. The third kappa shape index (κ3) is 4.17. The monoisotopic (exact) mass is 423 g/mol. The summed E-state index contributed by atoms with van der Waals surface area (Å²) in [6.45, 7) is 0.528. The molecule has 1 aliphatic rings. The molecule has 3 rings (SSSR count). The highest BCUT2D eigenvalue weighted by atomic mass is 35.5. The molecule has 1 saturated heterocycles. The van der Waals surface area contributed by atoms with Crippen molar-refractivity contribution in [1.29, 1.82) is 0 Å². The molecule has 1 fully saturated rings. The Kier molecular flexibility index (Phi) is 5.33. The third-order valence-corrected chi connectivity index (χ3v) is 6.37. The number of piperazine rings is 1. The minimum absolute atomic E-state index is 0.0322. The van der Waals surface area contributed by atoms with Crippen molar-refractivity contribution in [2.45, 2.75) is 11.1 Å². The summed E-state index contributed by atoms with van der Waals surface area (Å²) in [6, 6.07) is 6.80. The molecule has 0 unspecified atom stereocenters. The van der Waals surface area contributed by atoms with E-state index in [1.165, 1.54) is 12.1 Å². The summed E-state index contributed by atoms with van der Waals surface area (Å²) in [5.74, 6) is -0.277. The lowest BCUT2D eigenvalue weighted by Gasteiger charge is -2.34. The van der Waals surface area contributed by atoms with Gasteiger partial charge in [0.15, 0.2) is 0 Å². The van der Waals surface area contributed by atoms with Crippen LogP contribution in [0.3, 0.4) is 0 Å². The molecule has 0 spiro atoms. The molecule has 146 valence electrons. The fourth-order valence-corrected chi connectivity index (χ4v) is 4.44. The largest absolute Gasteiger partial charge is 0.417 e. The van der Waals surface area contributed by atoms with Crippen LogP contribution in [0.25, 0.3) is 0 Å². The summed E-state index contributed by atoms with van der Waals surface area (Å²) in [5, 5.41) is -0.566. The Morgan fingerprint density at radius 2 is 1.70 bits per heavy atom. The molecule has 0 atom stereocenters. The number of benzene rings is 1. The molecule has 2 aromatic rings. The van der Waals surface area contributed by atoms with Gasteiger partial charge in [0.2, 0.25) is 16.0 Å². The molecular formula is C16H14ClF4N3O2S. The first-order valence-corrected chi connectivity index (χ1v) is 9.65. The predicted molar refractivity (Wildman–Crippen MR) is 91.6 cm³/mol. The first-order valence-electron chi connectivity index (χ1n) is 7.83. The van der Waals surface area contributed by atoms with Gasteiger partial charge in [-0.3, -0.25) is 0 Å². The predicted octanol–water partition coefficient (Wildman–Crippen LogP) is 3.40. The van der Waals surface area contributed by atoms with E-state index in [4.69, 9.17) is 11.6 Å². The van der Waals surface area contributed by atoms with Crippen LogP contribution >= 0.6 is 11.6 Å². The van der Waals surface area contributed by atoms with E-state index in [-0.39, 0.29) is 26.2 Å². The van der Waals surface area contributed by atoms with Gasteiger partial charge in [-0.25, -0.2) is 13.4 Å². The molecule has 0 aliphatic carbocycles. The lowest BCUT2D eigenvalue weighted by Crippen LogP contribution is -2.49. The normalized spacial score (nSPS) is 16.6. The zero-order chi connectivity index (χ0) is 19.8. The van der Waals surface area contributed by atoms with Gasteiger partial charge in [-0.1, -0.05) is 17.7 Å². The van der Waals surface area contributed by atoms with Gasteiger partial charge >= 0.3 is 6.18 Å². The number of anilines is 1. The standard InChI is InChI=1S/C16H14ClF4N3O2S/c17-13-5-4-11(10-12(13)16(19,20)21)27(25,26)24-8-6-23(7-9-24)15-3-1-2-14(18)22-15/h1-5,10H,6-9H2.